The standard InChI is InChI=1S/C9H13N/c1-4-9(2)7-5-6-8-10-3/h5H,2,4,7H2,1,3H3. The van der Waals surface area contributed by atoms with Gasteiger partial charge in [-0.1, -0.05) is 24.8 Å². The van der Waals surface area contributed by atoms with E-state index in [1.807, 2.05) is 6.08 Å². The number of allylic oxidation sites excluding steroid dienone is 2. The molecule has 0 bridgehead atoms. The van der Waals surface area contributed by atoms with Crippen LogP contribution >= 0.6 is 0 Å². The van der Waals surface area contributed by atoms with Crippen molar-refractivity contribution in [2.75, 3.05) is 7.05 Å². The average Bonchev–Trinajstić information content (AvgIpc) is 1.98. The van der Waals surface area contributed by atoms with E-state index >= 15 is 0 Å². The third-order valence-electron chi connectivity index (χ3n) is 1.17. The van der Waals surface area contributed by atoms with Gasteiger partial charge in [-0.3, -0.25) is 0 Å². The van der Waals surface area contributed by atoms with E-state index in [0.29, 0.717) is 0 Å². The monoisotopic (exact) mass is 135 g/mol. The summed E-state index contributed by atoms with van der Waals surface area (Å²) in [4.78, 5) is 3.64. The molecule has 0 aliphatic rings. The van der Waals surface area contributed by atoms with Gasteiger partial charge in [0.1, 0.15) is 0 Å². The number of nitrogens with zero attached hydrogens (tertiary/aromatic N) is 1. The summed E-state index contributed by atoms with van der Waals surface area (Å²) in [6.45, 7) is 5.93. The Hall–Kier alpha value is -1.03. The highest BCUT2D eigenvalue weighted by Gasteiger charge is 1.82. The highest BCUT2D eigenvalue weighted by molar-refractivity contribution is 5.50. The van der Waals surface area contributed by atoms with Gasteiger partial charge in [-0.05, 0) is 18.9 Å². The second-order valence-corrected chi connectivity index (χ2v) is 1.99. The van der Waals surface area contributed by atoms with Gasteiger partial charge in [-0.2, -0.15) is 0 Å². The molecule has 0 rings (SSSR count). The zero-order valence-corrected chi connectivity index (χ0v) is 6.65. The Morgan fingerprint density at radius 3 is 2.90 bits per heavy atom. The molecule has 1 nitrogen and oxygen atoms in total. The molecule has 0 fully saturated rings. The molecule has 0 aromatic carbocycles. The van der Waals surface area contributed by atoms with E-state index in [4.69, 9.17) is 0 Å². The molecule has 0 aliphatic heterocycles. The normalized spacial score (nSPS) is 7.40. The van der Waals surface area contributed by atoms with E-state index in [-0.39, 0.29) is 0 Å². The fourth-order valence-electron chi connectivity index (χ4n) is 0.450. The Morgan fingerprint density at radius 1 is 1.70 bits per heavy atom. The molecule has 0 saturated carbocycles. The van der Waals surface area contributed by atoms with Crippen molar-refractivity contribution in [2.24, 2.45) is 4.99 Å². The van der Waals surface area contributed by atoms with Crippen LogP contribution in [0.5, 0.6) is 0 Å². The molecule has 0 amide bonds. The van der Waals surface area contributed by atoms with Gasteiger partial charge in [-0.15, -0.1) is 0 Å². The number of hydrogen-bond donors (Lipinski definition) is 0. The molecule has 0 heterocycles. The van der Waals surface area contributed by atoms with E-state index in [9.17, 15) is 0 Å². The van der Waals surface area contributed by atoms with Crippen LogP contribution < -0.4 is 0 Å². The summed E-state index contributed by atoms with van der Waals surface area (Å²) >= 11 is 0. The molecule has 0 saturated heterocycles. The van der Waals surface area contributed by atoms with Crippen molar-refractivity contribution in [2.45, 2.75) is 19.8 Å². The van der Waals surface area contributed by atoms with E-state index < -0.39 is 0 Å². The molecule has 0 radical (unpaired) electrons. The van der Waals surface area contributed by atoms with Crippen molar-refractivity contribution >= 4 is 5.87 Å². The van der Waals surface area contributed by atoms with Crippen LogP contribution in [0.15, 0.2) is 29.0 Å². The summed E-state index contributed by atoms with van der Waals surface area (Å²) < 4.78 is 0. The van der Waals surface area contributed by atoms with Gasteiger partial charge in [0.25, 0.3) is 0 Å². The molecule has 0 spiro atoms. The van der Waals surface area contributed by atoms with Gasteiger partial charge < -0.3 is 0 Å². The topological polar surface area (TPSA) is 12.4 Å². The van der Waals surface area contributed by atoms with Crippen molar-refractivity contribution in [3.63, 3.8) is 0 Å². The molecule has 1 heteroatoms. The molecule has 0 atom stereocenters. The minimum atomic E-state index is 0.888. The zero-order chi connectivity index (χ0) is 7.82. The van der Waals surface area contributed by atoms with Crippen LogP contribution in [0.2, 0.25) is 0 Å². The molecular weight excluding hydrogens is 122 g/mol. The Bertz CT molecular complexity index is 189. The maximum absolute atomic E-state index is 3.84. The Kier molecular flexibility index (Phi) is 5.47. The van der Waals surface area contributed by atoms with Crippen LogP contribution in [0.4, 0.5) is 0 Å². The Morgan fingerprint density at radius 2 is 2.40 bits per heavy atom. The molecule has 0 aromatic heterocycles. The van der Waals surface area contributed by atoms with Gasteiger partial charge >= 0.3 is 0 Å². The van der Waals surface area contributed by atoms with Crippen molar-refractivity contribution in [1.29, 1.82) is 0 Å². The molecule has 0 aliphatic carbocycles. The van der Waals surface area contributed by atoms with Gasteiger partial charge in [0.2, 0.25) is 0 Å². The first-order valence-corrected chi connectivity index (χ1v) is 3.39. The van der Waals surface area contributed by atoms with Crippen LogP contribution in [0.25, 0.3) is 0 Å². The molecule has 0 N–H and O–H groups in total. The summed E-state index contributed by atoms with van der Waals surface area (Å²) in [6, 6.07) is 0. The van der Waals surface area contributed by atoms with E-state index in [1.165, 1.54) is 5.57 Å². The molecule has 0 unspecified atom stereocenters. The van der Waals surface area contributed by atoms with Crippen molar-refractivity contribution in [3.8, 4) is 0 Å². The lowest BCUT2D eigenvalue weighted by molar-refractivity contribution is 1.04. The van der Waals surface area contributed by atoms with E-state index in [2.05, 4.69) is 30.1 Å². The van der Waals surface area contributed by atoms with Crippen molar-refractivity contribution in [1.82, 2.24) is 0 Å². The van der Waals surface area contributed by atoms with E-state index in [1.54, 1.807) is 7.05 Å². The zero-order valence-electron chi connectivity index (χ0n) is 6.65. The Labute approximate surface area is 62.5 Å². The highest BCUT2D eigenvalue weighted by atomic mass is 14.6. The van der Waals surface area contributed by atoms with Gasteiger partial charge in [0, 0.05) is 12.9 Å². The smallest absolute Gasteiger partial charge is 0.0379 e. The summed E-state index contributed by atoms with van der Waals surface area (Å²) in [7, 11) is 1.68. The van der Waals surface area contributed by atoms with Gasteiger partial charge in [-0.25, -0.2) is 4.99 Å². The molecule has 10 heavy (non-hydrogen) atoms. The van der Waals surface area contributed by atoms with Crippen LogP contribution in [0.3, 0.4) is 0 Å². The van der Waals surface area contributed by atoms with Crippen molar-refractivity contribution < 1.29 is 0 Å². The number of hydrogen-bond acceptors (Lipinski definition) is 1. The van der Waals surface area contributed by atoms with Crippen LogP contribution in [0.1, 0.15) is 19.8 Å². The lowest BCUT2D eigenvalue weighted by atomic mass is 10.2. The lowest BCUT2D eigenvalue weighted by Crippen LogP contribution is -1.71. The molecule has 54 valence electrons. The Balaban J connectivity index is 3.75. The van der Waals surface area contributed by atoms with Crippen molar-refractivity contribution in [3.05, 3.63) is 24.0 Å². The van der Waals surface area contributed by atoms with Gasteiger partial charge in [0.15, 0.2) is 0 Å². The van der Waals surface area contributed by atoms with E-state index in [0.717, 1.165) is 12.8 Å². The third-order valence-corrected chi connectivity index (χ3v) is 1.17. The fraction of sp³-hybridized carbons (Fsp3) is 0.444. The minimum Gasteiger partial charge on any atom is -0.239 e. The highest BCUT2D eigenvalue weighted by Crippen LogP contribution is 2.01. The van der Waals surface area contributed by atoms with Gasteiger partial charge in [0.05, 0.1) is 0 Å². The summed E-state index contributed by atoms with van der Waals surface area (Å²) in [5.74, 6) is 2.61. The summed E-state index contributed by atoms with van der Waals surface area (Å²) in [6.07, 6.45) is 3.80. The summed E-state index contributed by atoms with van der Waals surface area (Å²) in [5.41, 5.74) is 4.01. The van der Waals surface area contributed by atoms with Crippen LogP contribution in [-0.4, -0.2) is 12.9 Å². The van der Waals surface area contributed by atoms with Crippen LogP contribution in [0, 0.1) is 0 Å². The first kappa shape index (κ1) is 8.97. The number of aliphatic imine (C=N–C) groups is 1. The quantitative estimate of drug-likeness (QED) is 0.320. The first-order chi connectivity index (χ1) is 4.81. The third kappa shape index (κ3) is 5.11. The maximum atomic E-state index is 3.84. The molecular formula is C9H13N. The summed E-state index contributed by atoms with van der Waals surface area (Å²) in [5, 5.41) is 0. The average molecular weight is 135 g/mol. The predicted molar refractivity (Wildman–Crippen MR) is 45.5 cm³/mol. The lowest BCUT2D eigenvalue weighted by Gasteiger charge is -1.90. The van der Waals surface area contributed by atoms with Crippen LogP contribution in [-0.2, 0) is 0 Å². The second-order valence-electron chi connectivity index (χ2n) is 1.99. The SMILES string of the molecule is C=C(CC)CC=C=C=NC. The number of rotatable bonds is 3. The minimum absolute atomic E-state index is 0.888. The first-order valence-electron chi connectivity index (χ1n) is 3.39. The predicted octanol–water partition coefficient (Wildman–Crippen LogP) is 2.35. The fourth-order valence-corrected chi connectivity index (χ4v) is 0.450. The largest absolute Gasteiger partial charge is 0.239 e. The second kappa shape index (κ2) is 6.10. The molecule has 0 aromatic rings. The maximum Gasteiger partial charge on any atom is 0.0379 e.